The van der Waals surface area contributed by atoms with Crippen LogP contribution in [-0.2, 0) is 12.6 Å². The van der Waals surface area contributed by atoms with Crippen LogP contribution in [0.4, 0.5) is 13.2 Å². The van der Waals surface area contributed by atoms with Gasteiger partial charge in [-0.25, -0.2) is 4.98 Å². The van der Waals surface area contributed by atoms with Crippen LogP contribution >= 0.6 is 35.3 Å². The summed E-state index contributed by atoms with van der Waals surface area (Å²) >= 11 is 1.04. The van der Waals surface area contributed by atoms with Gasteiger partial charge in [0.15, 0.2) is 11.7 Å². The maximum absolute atomic E-state index is 12.5. The van der Waals surface area contributed by atoms with Crippen molar-refractivity contribution in [2.75, 3.05) is 13.6 Å². The van der Waals surface area contributed by atoms with Gasteiger partial charge in [0.05, 0.1) is 5.01 Å². The van der Waals surface area contributed by atoms with Crippen molar-refractivity contribution in [1.29, 1.82) is 0 Å². The van der Waals surface area contributed by atoms with Gasteiger partial charge in [-0.15, -0.1) is 35.3 Å². The molecule has 1 aromatic rings. The molecule has 1 saturated carbocycles. The molecule has 0 saturated heterocycles. The Hall–Kier alpha value is -0.580. The normalized spacial score (nSPS) is 22.0. The molecule has 1 fully saturated rings. The first-order valence-electron chi connectivity index (χ1n) is 7.87. The fraction of sp³-hybridized carbons (Fsp3) is 0.733. The Balaban J connectivity index is 0.00000288. The van der Waals surface area contributed by atoms with Gasteiger partial charge in [-0.1, -0.05) is 19.8 Å². The smallest absolute Gasteiger partial charge is 0.356 e. The summed E-state index contributed by atoms with van der Waals surface area (Å²) in [7, 11) is 1.70. The van der Waals surface area contributed by atoms with Gasteiger partial charge in [-0.2, -0.15) is 13.2 Å². The fourth-order valence-corrected chi connectivity index (χ4v) is 3.60. The number of aromatic nitrogens is 1. The molecule has 0 radical (unpaired) electrons. The second-order valence-electron chi connectivity index (χ2n) is 5.99. The summed E-state index contributed by atoms with van der Waals surface area (Å²) in [5.41, 5.74) is -0.809. The van der Waals surface area contributed by atoms with Gasteiger partial charge >= 0.3 is 6.18 Å². The SMILES string of the molecule is CN=C(NCCc1nc(C(F)(F)F)cs1)NC1CCCC(C)C1.I. The molecular formula is C15H24F3IN4S. The van der Waals surface area contributed by atoms with E-state index in [1.807, 2.05) is 0 Å². The van der Waals surface area contributed by atoms with Crippen molar-refractivity contribution < 1.29 is 13.2 Å². The van der Waals surface area contributed by atoms with Crippen molar-refractivity contribution in [3.05, 3.63) is 16.1 Å². The number of hydrogen-bond donors (Lipinski definition) is 2. The Bertz CT molecular complexity index is 533. The van der Waals surface area contributed by atoms with E-state index < -0.39 is 11.9 Å². The van der Waals surface area contributed by atoms with Crippen molar-refractivity contribution in [3.8, 4) is 0 Å². The molecule has 1 aromatic heterocycles. The van der Waals surface area contributed by atoms with E-state index in [1.54, 1.807) is 7.05 Å². The van der Waals surface area contributed by atoms with E-state index >= 15 is 0 Å². The maximum Gasteiger partial charge on any atom is 0.434 e. The van der Waals surface area contributed by atoms with Crippen LogP contribution in [0.5, 0.6) is 0 Å². The molecule has 24 heavy (non-hydrogen) atoms. The first-order valence-corrected chi connectivity index (χ1v) is 8.75. The highest BCUT2D eigenvalue weighted by Crippen LogP contribution is 2.30. The number of rotatable bonds is 4. The third-order valence-corrected chi connectivity index (χ3v) is 4.88. The van der Waals surface area contributed by atoms with Crippen molar-refractivity contribution in [3.63, 3.8) is 0 Å². The topological polar surface area (TPSA) is 49.3 Å². The first-order chi connectivity index (χ1) is 10.9. The lowest BCUT2D eigenvalue weighted by Gasteiger charge is -2.28. The molecule has 1 aliphatic carbocycles. The molecule has 1 aliphatic rings. The predicted octanol–water partition coefficient (Wildman–Crippen LogP) is 4.07. The molecule has 0 amide bonds. The van der Waals surface area contributed by atoms with E-state index in [0.29, 0.717) is 30.0 Å². The molecule has 1 heterocycles. The lowest BCUT2D eigenvalue weighted by atomic mass is 9.87. The van der Waals surface area contributed by atoms with Gasteiger partial charge in [0, 0.05) is 31.4 Å². The third-order valence-electron chi connectivity index (χ3n) is 3.97. The number of nitrogens with zero attached hydrogens (tertiary/aromatic N) is 2. The average molecular weight is 476 g/mol. The molecule has 2 unspecified atom stereocenters. The summed E-state index contributed by atoms with van der Waals surface area (Å²) in [6, 6.07) is 0.418. The standard InChI is InChI=1S/C15H23F3N4S.HI/c1-10-4-3-5-11(8-10)21-14(19-2)20-7-6-13-22-12(9-23-13)15(16,17)18;/h9-11H,3-8H2,1-2H3,(H2,19,20,21);1H. The van der Waals surface area contributed by atoms with E-state index in [-0.39, 0.29) is 24.0 Å². The minimum Gasteiger partial charge on any atom is -0.356 e. The lowest BCUT2D eigenvalue weighted by Crippen LogP contribution is -2.45. The second kappa shape index (κ2) is 9.79. The van der Waals surface area contributed by atoms with Crippen LogP contribution in [0, 0.1) is 5.92 Å². The highest BCUT2D eigenvalue weighted by molar-refractivity contribution is 14.0. The largest absolute Gasteiger partial charge is 0.434 e. The van der Waals surface area contributed by atoms with Crippen LogP contribution in [0.2, 0.25) is 0 Å². The number of guanidine groups is 1. The number of nitrogens with one attached hydrogen (secondary N) is 2. The van der Waals surface area contributed by atoms with Crippen LogP contribution in [0.1, 0.15) is 43.3 Å². The summed E-state index contributed by atoms with van der Waals surface area (Å²) in [6.45, 7) is 2.76. The van der Waals surface area contributed by atoms with Crippen molar-refractivity contribution in [2.24, 2.45) is 10.9 Å². The number of alkyl halides is 3. The van der Waals surface area contributed by atoms with E-state index in [9.17, 15) is 13.2 Å². The Kier molecular flexibility index (Phi) is 8.75. The highest BCUT2D eigenvalue weighted by Gasteiger charge is 2.33. The van der Waals surface area contributed by atoms with E-state index in [4.69, 9.17) is 0 Å². The Labute approximate surface area is 161 Å². The minimum absolute atomic E-state index is 0. The molecule has 4 nitrogen and oxygen atoms in total. The molecule has 0 aromatic carbocycles. The van der Waals surface area contributed by atoms with Crippen LogP contribution in [0.3, 0.4) is 0 Å². The fourth-order valence-electron chi connectivity index (χ4n) is 2.80. The van der Waals surface area contributed by atoms with Crippen molar-refractivity contribution >= 4 is 41.3 Å². The quantitative estimate of drug-likeness (QED) is 0.392. The van der Waals surface area contributed by atoms with Gasteiger partial charge in [-0.05, 0) is 18.8 Å². The highest BCUT2D eigenvalue weighted by atomic mass is 127. The molecule has 0 aliphatic heterocycles. The van der Waals surface area contributed by atoms with Gasteiger partial charge in [0.25, 0.3) is 0 Å². The van der Waals surface area contributed by atoms with Crippen molar-refractivity contribution in [2.45, 2.75) is 51.2 Å². The second-order valence-corrected chi connectivity index (χ2v) is 6.93. The zero-order valence-electron chi connectivity index (χ0n) is 13.8. The number of thiazole rings is 1. The number of halogens is 4. The Morgan fingerprint density at radius 1 is 1.42 bits per heavy atom. The lowest BCUT2D eigenvalue weighted by molar-refractivity contribution is -0.140. The first kappa shape index (κ1) is 21.5. The van der Waals surface area contributed by atoms with Gasteiger partial charge in [-0.3, -0.25) is 4.99 Å². The Morgan fingerprint density at radius 3 is 2.75 bits per heavy atom. The summed E-state index contributed by atoms with van der Waals surface area (Å²) in [5, 5.41) is 8.09. The molecule has 0 spiro atoms. The summed E-state index contributed by atoms with van der Waals surface area (Å²) in [6.07, 6.45) is 0.833. The minimum atomic E-state index is -4.36. The molecule has 2 N–H and O–H groups in total. The monoisotopic (exact) mass is 476 g/mol. The summed E-state index contributed by atoms with van der Waals surface area (Å²) in [5.74, 6) is 1.42. The predicted molar refractivity (Wildman–Crippen MR) is 102 cm³/mol. The number of aliphatic imine (C=N–C) groups is 1. The molecule has 138 valence electrons. The summed E-state index contributed by atoms with van der Waals surface area (Å²) in [4.78, 5) is 7.80. The molecule has 2 rings (SSSR count). The molecular weight excluding hydrogens is 452 g/mol. The van der Waals surface area contributed by atoms with Crippen LogP contribution < -0.4 is 10.6 Å². The van der Waals surface area contributed by atoms with E-state index in [1.165, 1.54) is 12.8 Å². The Morgan fingerprint density at radius 2 is 2.17 bits per heavy atom. The molecule has 0 bridgehead atoms. The zero-order valence-corrected chi connectivity index (χ0v) is 17.0. The average Bonchev–Trinajstić information content (AvgIpc) is 2.95. The maximum atomic E-state index is 12.5. The van der Waals surface area contributed by atoms with E-state index in [0.717, 1.165) is 35.5 Å². The van der Waals surface area contributed by atoms with Crippen molar-refractivity contribution in [1.82, 2.24) is 15.6 Å². The molecule has 2 atom stereocenters. The molecule has 9 heteroatoms. The number of hydrogen-bond acceptors (Lipinski definition) is 3. The van der Waals surface area contributed by atoms with Crippen LogP contribution in [-0.4, -0.2) is 30.6 Å². The third kappa shape index (κ3) is 6.73. The van der Waals surface area contributed by atoms with Gasteiger partial charge < -0.3 is 10.6 Å². The van der Waals surface area contributed by atoms with Crippen LogP contribution in [0.25, 0.3) is 0 Å². The zero-order chi connectivity index (χ0) is 16.9. The van der Waals surface area contributed by atoms with E-state index in [2.05, 4.69) is 27.5 Å². The van der Waals surface area contributed by atoms with Crippen LogP contribution in [0.15, 0.2) is 10.4 Å². The van der Waals surface area contributed by atoms with Gasteiger partial charge in [0.2, 0.25) is 0 Å². The summed E-state index contributed by atoms with van der Waals surface area (Å²) < 4.78 is 37.5. The van der Waals surface area contributed by atoms with Gasteiger partial charge in [0.1, 0.15) is 0 Å².